The predicted octanol–water partition coefficient (Wildman–Crippen LogP) is 4.56. The van der Waals surface area contributed by atoms with Gasteiger partial charge in [0, 0.05) is 12.5 Å². The second kappa shape index (κ2) is 9.73. The third kappa shape index (κ3) is 4.63. The SMILES string of the molecule is CCC(C#N)(CCCC(N)CC1Oc2ccccc2O1)c1ccc(OC)c(OC)c1. The summed E-state index contributed by atoms with van der Waals surface area (Å²) >= 11 is 0. The summed E-state index contributed by atoms with van der Waals surface area (Å²) in [5.74, 6) is 2.81. The monoisotopic (exact) mass is 410 g/mol. The molecule has 0 bridgehead atoms. The molecule has 1 aliphatic heterocycles. The number of benzene rings is 2. The van der Waals surface area contributed by atoms with Crippen LogP contribution >= 0.6 is 0 Å². The van der Waals surface area contributed by atoms with E-state index in [1.54, 1.807) is 14.2 Å². The molecule has 0 fully saturated rings. The highest BCUT2D eigenvalue weighted by molar-refractivity contribution is 5.47. The lowest BCUT2D eigenvalue weighted by Gasteiger charge is -2.27. The van der Waals surface area contributed by atoms with E-state index in [4.69, 9.17) is 24.7 Å². The number of nitrogens with zero attached hydrogens (tertiary/aromatic N) is 1. The molecular weight excluding hydrogens is 380 g/mol. The first kappa shape index (κ1) is 21.8. The second-order valence-electron chi connectivity index (χ2n) is 7.62. The molecule has 0 saturated heterocycles. The van der Waals surface area contributed by atoms with Crippen LogP contribution in [0.5, 0.6) is 23.0 Å². The zero-order chi connectivity index (χ0) is 21.6. The summed E-state index contributed by atoms with van der Waals surface area (Å²) in [4.78, 5) is 0. The number of hydrogen-bond donors (Lipinski definition) is 1. The maximum atomic E-state index is 10.0. The number of rotatable bonds is 10. The molecule has 2 aromatic rings. The van der Waals surface area contributed by atoms with E-state index in [9.17, 15) is 5.26 Å². The first-order chi connectivity index (χ1) is 14.5. The van der Waals surface area contributed by atoms with Crippen LogP contribution in [0.15, 0.2) is 42.5 Å². The van der Waals surface area contributed by atoms with Crippen molar-refractivity contribution in [1.82, 2.24) is 0 Å². The molecular formula is C24H30N2O4. The molecule has 2 unspecified atom stereocenters. The summed E-state index contributed by atoms with van der Waals surface area (Å²) in [5.41, 5.74) is 6.70. The van der Waals surface area contributed by atoms with Gasteiger partial charge in [0.05, 0.1) is 25.7 Å². The smallest absolute Gasteiger partial charge is 0.243 e. The third-order valence-corrected chi connectivity index (χ3v) is 5.79. The fourth-order valence-electron chi connectivity index (χ4n) is 3.94. The largest absolute Gasteiger partial charge is 0.493 e. The Morgan fingerprint density at radius 2 is 1.77 bits per heavy atom. The minimum absolute atomic E-state index is 0.0667. The van der Waals surface area contributed by atoms with E-state index in [-0.39, 0.29) is 12.3 Å². The standard InChI is InChI=1S/C24H30N2O4/c1-4-24(16-25,17-11-12-19(27-2)22(14-17)28-3)13-7-8-18(26)15-23-29-20-9-5-6-10-21(20)30-23/h5-6,9-12,14,18,23H,4,7-8,13,15,26H2,1-3H3. The van der Waals surface area contributed by atoms with Gasteiger partial charge >= 0.3 is 0 Å². The van der Waals surface area contributed by atoms with Crippen molar-refractivity contribution in [2.75, 3.05) is 14.2 Å². The topological polar surface area (TPSA) is 86.7 Å². The van der Waals surface area contributed by atoms with Crippen molar-refractivity contribution in [3.05, 3.63) is 48.0 Å². The van der Waals surface area contributed by atoms with Crippen molar-refractivity contribution in [2.24, 2.45) is 5.73 Å². The number of hydrogen-bond acceptors (Lipinski definition) is 6. The van der Waals surface area contributed by atoms with Crippen LogP contribution in [0.2, 0.25) is 0 Å². The Bertz CT molecular complexity index is 870. The van der Waals surface area contributed by atoms with Gasteiger partial charge in [-0.1, -0.05) is 25.1 Å². The van der Waals surface area contributed by atoms with Gasteiger partial charge in [0.25, 0.3) is 0 Å². The fraction of sp³-hybridized carbons (Fsp3) is 0.458. The maximum absolute atomic E-state index is 10.0. The molecule has 30 heavy (non-hydrogen) atoms. The summed E-state index contributed by atoms with van der Waals surface area (Å²) in [7, 11) is 3.21. The van der Waals surface area contributed by atoms with Crippen molar-refractivity contribution in [3.8, 4) is 29.1 Å². The number of methoxy groups -OCH3 is 2. The van der Waals surface area contributed by atoms with Crippen LogP contribution in [-0.2, 0) is 5.41 Å². The van der Waals surface area contributed by atoms with E-state index in [1.165, 1.54) is 0 Å². The van der Waals surface area contributed by atoms with Crippen molar-refractivity contribution in [3.63, 3.8) is 0 Å². The lowest BCUT2D eigenvalue weighted by molar-refractivity contribution is 0.0350. The molecule has 160 valence electrons. The normalized spacial score (nSPS) is 15.8. The molecule has 2 aromatic carbocycles. The van der Waals surface area contributed by atoms with Gasteiger partial charge in [-0.15, -0.1) is 0 Å². The number of ether oxygens (including phenoxy) is 4. The van der Waals surface area contributed by atoms with Gasteiger partial charge in [0.15, 0.2) is 23.0 Å². The third-order valence-electron chi connectivity index (χ3n) is 5.79. The van der Waals surface area contributed by atoms with E-state index >= 15 is 0 Å². The highest BCUT2D eigenvalue weighted by Crippen LogP contribution is 2.39. The van der Waals surface area contributed by atoms with Crippen molar-refractivity contribution in [1.29, 1.82) is 5.26 Å². The minimum atomic E-state index is -0.587. The Hall–Kier alpha value is -2.91. The number of nitriles is 1. The summed E-state index contributed by atoms with van der Waals surface area (Å²) in [5, 5.41) is 10.0. The van der Waals surface area contributed by atoms with Crippen LogP contribution in [0, 0.1) is 11.3 Å². The molecule has 1 aliphatic rings. The van der Waals surface area contributed by atoms with Crippen molar-refractivity contribution in [2.45, 2.75) is 56.8 Å². The first-order valence-corrected chi connectivity index (χ1v) is 10.4. The Labute approximate surface area is 178 Å². The van der Waals surface area contributed by atoms with E-state index in [1.807, 2.05) is 49.4 Å². The summed E-state index contributed by atoms with van der Waals surface area (Å²) in [6.45, 7) is 2.04. The minimum Gasteiger partial charge on any atom is -0.493 e. The highest BCUT2D eigenvalue weighted by atomic mass is 16.7. The van der Waals surface area contributed by atoms with Gasteiger partial charge in [-0.2, -0.15) is 5.26 Å². The van der Waals surface area contributed by atoms with Crippen LogP contribution in [0.4, 0.5) is 0 Å². The average molecular weight is 411 g/mol. The summed E-state index contributed by atoms with van der Waals surface area (Å²) < 4.78 is 22.4. The molecule has 6 nitrogen and oxygen atoms in total. The van der Waals surface area contributed by atoms with Crippen LogP contribution in [0.3, 0.4) is 0 Å². The molecule has 0 aliphatic carbocycles. The molecule has 2 N–H and O–H groups in total. The van der Waals surface area contributed by atoms with Crippen LogP contribution in [-0.4, -0.2) is 26.6 Å². The van der Waals surface area contributed by atoms with Gasteiger partial charge in [-0.3, -0.25) is 0 Å². The lowest BCUT2D eigenvalue weighted by Crippen LogP contribution is -2.31. The van der Waals surface area contributed by atoms with Gasteiger partial charge in [-0.25, -0.2) is 0 Å². The Kier molecular flexibility index (Phi) is 7.07. The van der Waals surface area contributed by atoms with Gasteiger partial charge in [-0.05, 0) is 55.5 Å². The Morgan fingerprint density at radius 1 is 1.10 bits per heavy atom. The van der Waals surface area contributed by atoms with Crippen molar-refractivity contribution < 1.29 is 18.9 Å². The highest BCUT2D eigenvalue weighted by Gasteiger charge is 2.32. The fourth-order valence-corrected chi connectivity index (χ4v) is 3.94. The lowest BCUT2D eigenvalue weighted by atomic mass is 9.75. The number of nitrogens with two attached hydrogens (primary N) is 1. The van der Waals surface area contributed by atoms with E-state index in [0.717, 1.165) is 36.3 Å². The van der Waals surface area contributed by atoms with E-state index < -0.39 is 5.41 Å². The van der Waals surface area contributed by atoms with Crippen LogP contribution in [0.1, 0.15) is 44.6 Å². The molecule has 6 heteroatoms. The molecule has 2 atom stereocenters. The van der Waals surface area contributed by atoms with Gasteiger partial charge in [0.2, 0.25) is 6.29 Å². The predicted molar refractivity (Wildman–Crippen MR) is 115 cm³/mol. The van der Waals surface area contributed by atoms with Gasteiger partial charge in [0.1, 0.15) is 0 Å². The zero-order valence-corrected chi connectivity index (χ0v) is 17.9. The molecule has 0 spiro atoms. The summed E-state index contributed by atoms with van der Waals surface area (Å²) in [6.07, 6.45) is 3.30. The first-order valence-electron chi connectivity index (χ1n) is 10.4. The molecule has 1 heterocycles. The van der Waals surface area contributed by atoms with Crippen LogP contribution in [0.25, 0.3) is 0 Å². The molecule has 0 saturated carbocycles. The Balaban J connectivity index is 1.58. The van der Waals surface area contributed by atoms with Crippen LogP contribution < -0.4 is 24.7 Å². The molecule has 0 radical (unpaired) electrons. The van der Waals surface area contributed by atoms with E-state index in [2.05, 4.69) is 6.07 Å². The number of para-hydroxylation sites is 2. The molecule has 3 rings (SSSR count). The average Bonchev–Trinajstić information content (AvgIpc) is 3.18. The quantitative estimate of drug-likeness (QED) is 0.618. The van der Waals surface area contributed by atoms with E-state index in [0.29, 0.717) is 24.3 Å². The summed E-state index contributed by atoms with van der Waals surface area (Å²) in [6, 6.07) is 15.8. The Morgan fingerprint density at radius 3 is 2.33 bits per heavy atom. The second-order valence-corrected chi connectivity index (χ2v) is 7.62. The molecule has 0 aromatic heterocycles. The van der Waals surface area contributed by atoms with Crippen molar-refractivity contribution >= 4 is 0 Å². The van der Waals surface area contributed by atoms with Gasteiger partial charge < -0.3 is 24.7 Å². The number of fused-ring (bicyclic) bond motifs is 1. The zero-order valence-electron chi connectivity index (χ0n) is 17.9. The molecule has 0 amide bonds. The maximum Gasteiger partial charge on any atom is 0.243 e.